The zero-order valence-corrected chi connectivity index (χ0v) is 12.6. The molecule has 19 heavy (non-hydrogen) atoms. The number of unbranched alkanes of at least 4 members (excludes halogenated alkanes) is 1. The van der Waals surface area contributed by atoms with Gasteiger partial charge in [0.15, 0.2) is 0 Å². The van der Waals surface area contributed by atoms with E-state index in [2.05, 4.69) is 0 Å². The standard InChI is InChI=1S/C13H20ClNO3P/c1-2-3-8-19(17,18)13(16)12(9-15)10-4-6-11(14)7-5-10/h4-7,12,17-18H,2-3,8-9,15H2,1H3/q+1. The van der Waals surface area contributed by atoms with Gasteiger partial charge in [0.1, 0.15) is 6.16 Å². The van der Waals surface area contributed by atoms with E-state index in [1.54, 1.807) is 24.3 Å². The molecule has 1 rings (SSSR count). The van der Waals surface area contributed by atoms with Crippen molar-refractivity contribution in [1.82, 2.24) is 0 Å². The molecule has 0 amide bonds. The smallest absolute Gasteiger partial charge is 0.329 e. The van der Waals surface area contributed by atoms with Crippen LogP contribution in [0.2, 0.25) is 5.02 Å². The number of benzene rings is 1. The average Bonchev–Trinajstić information content (AvgIpc) is 2.39. The third-order valence-electron chi connectivity index (χ3n) is 2.98. The van der Waals surface area contributed by atoms with E-state index in [0.717, 1.165) is 6.42 Å². The molecule has 0 radical (unpaired) electrons. The summed E-state index contributed by atoms with van der Waals surface area (Å²) in [4.78, 5) is 32.2. The Labute approximate surface area is 119 Å². The molecule has 0 aliphatic carbocycles. The second kappa shape index (κ2) is 7.32. The van der Waals surface area contributed by atoms with E-state index in [-0.39, 0.29) is 12.7 Å². The summed E-state index contributed by atoms with van der Waals surface area (Å²) < 4.78 is 0. The highest BCUT2D eigenvalue weighted by Gasteiger charge is 2.47. The topological polar surface area (TPSA) is 83.5 Å². The zero-order chi connectivity index (χ0) is 14.5. The summed E-state index contributed by atoms with van der Waals surface area (Å²) in [6, 6.07) is 6.71. The number of nitrogens with two attached hydrogens (primary N) is 1. The van der Waals surface area contributed by atoms with Gasteiger partial charge in [-0.15, -0.1) is 0 Å². The molecule has 6 heteroatoms. The van der Waals surface area contributed by atoms with Crippen LogP contribution in [-0.2, 0) is 4.79 Å². The molecule has 1 atom stereocenters. The second-order valence-electron chi connectivity index (χ2n) is 4.49. The van der Waals surface area contributed by atoms with E-state index in [1.807, 2.05) is 6.92 Å². The number of carbonyl (C=O) groups is 1. The second-order valence-corrected chi connectivity index (χ2v) is 7.27. The predicted octanol–water partition coefficient (Wildman–Crippen LogP) is 2.54. The van der Waals surface area contributed by atoms with Gasteiger partial charge in [0.2, 0.25) is 0 Å². The van der Waals surface area contributed by atoms with Gasteiger partial charge in [-0.2, -0.15) is 0 Å². The van der Waals surface area contributed by atoms with E-state index in [1.165, 1.54) is 0 Å². The van der Waals surface area contributed by atoms with E-state index in [4.69, 9.17) is 17.3 Å². The maximum atomic E-state index is 12.2. The first-order valence-corrected chi connectivity index (χ1v) is 8.51. The van der Waals surface area contributed by atoms with Crippen LogP contribution in [0.1, 0.15) is 31.2 Å². The molecule has 0 aromatic heterocycles. The summed E-state index contributed by atoms with van der Waals surface area (Å²) in [6.45, 7) is 1.99. The maximum Gasteiger partial charge on any atom is 0.337 e. The molecule has 0 saturated carbocycles. The van der Waals surface area contributed by atoms with E-state index < -0.39 is 19.2 Å². The van der Waals surface area contributed by atoms with Crippen LogP contribution in [0.5, 0.6) is 0 Å². The third-order valence-corrected chi connectivity index (χ3v) is 5.19. The first-order valence-electron chi connectivity index (χ1n) is 6.26. The molecule has 0 spiro atoms. The Bertz CT molecular complexity index is 422. The lowest BCUT2D eigenvalue weighted by molar-refractivity contribution is -0.114. The van der Waals surface area contributed by atoms with Crippen molar-refractivity contribution < 1.29 is 14.6 Å². The highest BCUT2D eigenvalue weighted by atomic mass is 35.5. The Morgan fingerprint density at radius 2 is 1.95 bits per heavy atom. The minimum absolute atomic E-state index is 0.0511. The van der Waals surface area contributed by atoms with Crippen molar-refractivity contribution in [1.29, 1.82) is 0 Å². The van der Waals surface area contributed by atoms with Crippen molar-refractivity contribution in [2.75, 3.05) is 12.7 Å². The molecule has 0 bridgehead atoms. The molecule has 0 saturated heterocycles. The Morgan fingerprint density at radius 1 is 1.37 bits per heavy atom. The van der Waals surface area contributed by atoms with Crippen LogP contribution < -0.4 is 5.73 Å². The van der Waals surface area contributed by atoms with Gasteiger partial charge in [0.05, 0.1) is 5.92 Å². The molecule has 4 N–H and O–H groups in total. The number of carbonyl (C=O) groups excluding carboxylic acids is 1. The Morgan fingerprint density at radius 3 is 2.42 bits per heavy atom. The quantitative estimate of drug-likeness (QED) is 0.676. The Balaban J connectivity index is 2.90. The molecular weight excluding hydrogens is 285 g/mol. The van der Waals surface area contributed by atoms with Crippen molar-refractivity contribution in [2.24, 2.45) is 5.73 Å². The average molecular weight is 305 g/mol. The van der Waals surface area contributed by atoms with Gasteiger partial charge in [0, 0.05) is 11.6 Å². The molecule has 0 fully saturated rings. The van der Waals surface area contributed by atoms with E-state index in [0.29, 0.717) is 17.0 Å². The van der Waals surface area contributed by atoms with Gasteiger partial charge < -0.3 is 5.73 Å². The summed E-state index contributed by atoms with van der Waals surface area (Å²) in [7, 11) is -3.55. The minimum Gasteiger partial charge on any atom is -0.329 e. The summed E-state index contributed by atoms with van der Waals surface area (Å²) in [5.74, 6) is -0.683. The van der Waals surface area contributed by atoms with Gasteiger partial charge in [-0.3, -0.25) is 0 Å². The van der Waals surface area contributed by atoms with Crippen LogP contribution in [0.4, 0.5) is 0 Å². The van der Waals surface area contributed by atoms with Crippen LogP contribution in [0.3, 0.4) is 0 Å². The zero-order valence-electron chi connectivity index (χ0n) is 10.9. The molecule has 0 aliphatic rings. The normalized spacial score (nSPS) is 13.3. The van der Waals surface area contributed by atoms with Gasteiger partial charge in [-0.05, 0) is 24.1 Å². The largest absolute Gasteiger partial charge is 0.337 e. The third kappa shape index (κ3) is 4.51. The van der Waals surface area contributed by atoms with Crippen LogP contribution in [0.25, 0.3) is 0 Å². The first kappa shape index (κ1) is 16.5. The lowest BCUT2D eigenvalue weighted by atomic mass is 10.0. The van der Waals surface area contributed by atoms with Gasteiger partial charge in [0.25, 0.3) is 0 Å². The first-order chi connectivity index (χ1) is 8.92. The molecule has 0 aliphatic heterocycles. The highest BCUT2D eigenvalue weighted by Crippen LogP contribution is 2.54. The fraction of sp³-hybridized carbons (Fsp3) is 0.462. The number of rotatable bonds is 7. The van der Waals surface area contributed by atoms with Crippen LogP contribution in [0, 0.1) is 0 Å². The summed E-state index contributed by atoms with van der Waals surface area (Å²) in [6.07, 6.45) is 1.56. The Hall–Kier alpha value is -0.510. The van der Waals surface area contributed by atoms with Crippen LogP contribution in [-0.4, -0.2) is 28.0 Å². The van der Waals surface area contributed by atoms with Crippen LogP contribution >= 0.6 is 19.3 Å². The minimum atomic E-state index is -3.55. The predicted molar refractivity (Wildman–Crippen MR) is 79.4 cm³/mol. The van der Waals surface area contributed by atoms with Crippen molar-refractivity contribution >= 4 is 24.8 Å². The summed E-state index contributed by atoms with van der Waals surface area (Å²) in [5, 5.41) is 0.562. The fourth-order valence-electron chi connectivity index (χ4n) is 1.81. The number of halogens is 1. The van der Waals surface area contributed by atoms with E-state index >= 15 is 0 Å². The lowest BCUT2D eigenvalue weighted by Gasteiger charge is -2.17. The van der Waals surface area contributed by atoms with Crippen molar-refractivity contribution in [3.05, 3.63) is 34.9 Å². The maximum absolute atomic E-state index is 12.2. The van der Waals surface area contributed by atoms with Gasteiger partial charge in [-0.1, -0.05) is 37.1 Å². The molecule has 0 heterocycles. The summed E-state index contributed by atoms with van der Waals surface area (Å²) in [5.41, 5.74) is 5.73. The van der Waals surface area contributed by atoms with Crippen LogP contribution in [0.15, 0.2) is 24.3 Å². The van der Waals surface area contributed by atoms with Crippen molar-refractivity contribution in [3.8, 4) is 0 Å². The molecule has 1 aromatic rings. The summed E-state index contributed by atoms with van der Waals surface area (Å²) >= 11 is 5.79. The molecule has 1 unspecified atom stereocenters. The van der Waals surface area contributed by atoms with Gasteiger partial charge in [-0.25, -0.2) is 14.6 Å². The number of hydrogen-bond donors (Lipinski definition) is 3. The number of hydrogen-bond acceptors (Lipinski definition) is 4. The molecular formula is C13H20ClNO3P+. The fourth-order valence-corrected chi connectivity index (χ4v) is 3.67. The van der Waals surface area contributed by atoms with E-state index in [9.17, 15) is 14.6 Å². The Kier molecular flexibility index (Phi) is 6.37. The van der Waals surface area contributed by atoms with Gasteiger partial charge >= 0.3 is 13.2 Å². The van der Waals surface area contributed by atoms with Crippen molar-refractivity contribution in [2.45, 2.75) is 25.7 Å². The molecule has 106 valence electrons. The lowest BCUT2D eigenvalue weighted by Crippen LogP contribution is -2.25. The molecule has 4 nitrogen and oxygen atoms in total. The molecule has 1 aromatic carbocycles. The SMILES string of the molecule is CCCC[P+](O)(O)C(=O)C(CN)c1ccc(Cl)cc1. The monoisotopic (exact) mass is 304 g/mol. The highest BCUT2D eigenvalue weighted by molar-refractivity contribution is 7.81. The van der Waals surface area contributed by atoms with Crippen molar-refractivity contribution in [3.63, 3.8) is 0 Å².